The molecule has 0 bridgehead atoms. The zero-order chi connectivity index (χ0) is 8.24. The molecule has 0 aromatic carbocycles. The maximum atomic E-state index is 3.12. The van der Waals surface area contributed by atoms with E-state index in [1.165, 1.54) is 32.1 Å². The zero-order valence-electron chi connectivity index (χ0n) is 7.45. The number of unbranched alkanes of at least 4 members (excludes halogenated alkanes) is 4. The summed E-state index contributed by atoms with van der Waals surface area (Å²) in [5.74, 6) is 0. The Hall–Kier alpha value is -0.480. The molecular formula is C10H20. The van der Waals surface area contributed by atoms with Crippen molar-refractivity contribution in [2.75, 3.05) is 0 Å². The second-order valence-electron chi connectivity index (χ2n) is 2.31. The van der Waals surface area contributed by atoms with Gasteiger partial charge in [-0.3, -0.25) is 0 Å². The van der Waals surface area contributed by atoms with Crippen LogP contribution in [0.5, 0.6) is 0 Å². The van der Waals surface area contributed by atoms with Crippen LogP contribution < -0.4 is 0 Å². The zero-order valence-corrected chi connectivity index (χ0v) is 7.45. The molecule has 0 radical (unpaired) electrons. The van der Waals surface area contributed by atoms with Gasteiger partial charge in [0.1, 0.15) is 0 Å². The fraction of sp³-hybridized carbons (Fsp3) is 0.700. The van der Waals surface area contributed by atoms with Gasteiger partial charge in [-0.1, -0.05) is 59.1 Å². The number of hydrogen-bond donors (Lipinski definition) is 0. The lowest BCUT2D eigenvalue weighted by molar-refractivity contribution is 0.656. The molecule has 0 fully saturated rings. The first-order chi connectivity index (χ1) is 4.83. The minimum Gasteiger partial charge on any atom is -0.137 e. The smallest absolute Gasteiger partial charge is 0.0533 e. The van der Waals surface area contributed by atoms with E-state index >= 15 is 0 Å². The summed E-state index contributed by atoms with van der Waals surface area (Å²) in [6.07, 6.45) is 7.01. The summed E-state index contributed by atoms with van der Waals surface area (Å²) in [5.41, 5.74) is 2.25. The lowest BCUT2D eigenvalue weighted by atomic mass is 10.2. The van der Waals surface area contributed by atoms with Crippen molar-refractivity contribution in [1.82, 2.24) is 0 Å². The Morgan fingerprint density at radius 3 is 1.40 bits per heavy atom. The lowest BCUT2D eigenvalue weighted by Gasteiger charge is -1.90. The summed E-state index contributed by atoms with van der Waals surface area (Å²) < 4.78 is 0. The first kappa shape index (κ1) is 12.2. The highest BCUT2D eigenvalue weighted by Gasteiger charge is 1.80. The van der Waals surface area contributed by atoms with Crippen LogP contribution in [0.3, 0.4) is 0 Å². The fourth-order valence-corrected chi connectivity index (χ4v) is 0.677. The average molecular weight is 140 g/mol. The van der Waals surface area contributed by atoms with E-state index in [0.717, 1.165) is 0 Å². The third-order valence-corrected chi connectivity index (χ3v) is 1.21. The molecule has 0 aromatic rings. The predicted octanol–water partition coefficient (Wildman–Crippen LogP) is 3.93. The molecule has 0 aliphatic rings. The molecular weight excluding hydrogens is 120 g/mol. The van der Waals surface area contributed by atoms with Crippen LogP contribution in [-0.4, -0.2) is 0 Å². The van der Waals surface area contributed by atoms with Gasteiger partial charge >= 0.3 is 0 Å². The molecule has 0 spiro atoms. The van der Waals surface area contributed by atoms with Crippen LogP contribution in [0.25, 0.3) is 0 Å². The van der Waals surface area contributed by atoms with Crippen LogP contribution >= 0.6 is 0 Å². The normalized spacial score (nSPS) is 7.40. The first-order valence-corrected chi connectivity index (χ1v) is 4.12. The van der Waals surface area contributed by atoms with Crippen molar-refractivity contribution < 1.29 is 0 Å². The van der Waals surface area contributed by atoms with Gasteiger partial charge in [0.15, 0.2) is 0 Å². The molecule has 0 unspecified atom stereocenters. The van der Waals surface area contributed by atoms with Crippen molar-refractivity contribution in [2.45, 2.75) is 46.0 Å². The highest BCUT2D eigenvalue weighted by Crippen LogP contribution is 2.00. The van der Waals surface area contributed by atoms with Crippen LogP contribution in [0.1, 0.15) is 46.0 Å². The van der Waals surface area contributed by atoms with Crippen molar-refractivity contribution >= 4 is 0 Å². The summed E-state index contributed by atoms with van der Waals surface area (Å²) in [6.45, 7) is 10.7. The van der Waals surface area contributed by atoms with Gasteiger partial charge in [-0.25, -0.2) is 0 Å². The molecule has 0 saturated carbocycles. The monoisotopic (exact) mass is 140 g/mol. The number of hydrogen-bond acceptors (Lipinski definition) is 0. The van der Waals surface area contributed by atoms with Crippen molar-refractivity contribution in [1.29, 1.82) is 0 Å². The molecule has 0 heteroatoms. The van der Waals surface area contributed by atoms with Crippen molar-refractivity contribution in [3.05, 3.63) is 18.9 Å². The molecule has 0 aliphatic carbocycles. The molecule has 0 saturated heterocycles. The van der Waals surface area contributed by atoms with Gasteiger partial charge in [-0.2, -0.15) is 0 Å². The van der Waals surface area contributed by atoms with Gasteiger partial charge in [-0.05, 0) is 0 Å². The van der Waals surface area contributed by atoms with E-state index in [9.17, 15) is 0 Å². The summed E-state index contributed by atoms with van der Waals surface area (Å²) >= 11 is 0. The Kier molecular flexibility index (Phi) is 19.3. The van der Waals surface area contributed by atoms with E-state index in [1.807, 2.05) is 0 Å². The van der Waals surface area contributed by atoms with Gasteiger partial charge in [-0.15, -0.1) is 5.73 Å². The molecule has 0 heterocycles. The van der Waals surface area contributed by atoms with E-state index in [-0.39, 0.29) is 0 Å². The highest BCUT2D eigenvalue weighted by atomic mass is 13.9. The molecule has 0 atom stereocenters. The molecule has 0 aliphatic heterocycles. The second-order valence-corrected chi connectivity index (χ2v) is 2.31. The van der Waals surface area contributed by atoms with Gasteiger partial charge in [0.25, 0.3) is 0 Å². The summed E-state index contributed by atoms with van der Waals surface area (Å²) in [4.78, 5) is 0. The molecule has 0 aromatic heterocycles. The Bertz CT molecular complexity index is 62.1. The van der Waals surface area contributed by atoms with Crippen LogP contribution in [0.15, 0.2) is 18.9 Å². The molecule has 0 nitrogen and oxygen atoms in total. The van der Waals surface area contributed by atoms with E-state index in [0.29, 0.717) is 0 Å². The topological polar surface area (TPSA) is 0 Å². The third kappa shape index (κ3) is 25.8. The third-order valence-electron chi connectivity index (χ3n) is 1.21. The number of rotatable bonds is 4. The molecule has 0 amide bonds. The first-order valence-electron chi connectivity index (χ1n) is 4.12. The fourth-order valence-electron chi connectivity index (χ4n) is 0.677. The Morgan fingerprint density at radius 1 is 0.900 bits per heavy atom. The van der Waals surface area contributed by atoms with E-state index < -0.39 is 0 Å². The quantitative estimate of drug-likeness (QED) is 0.410. The molecule has 60 valence electrons. The highest BCUT2D eigenvalue weighted by molar-refractivity contribution is 4.51. The summed E-state index contributed by atoms with van der Waals surface area (Å²) in [7, 11) is 0. The Morgan fingerprint density at radius 2 is 1.20 bits per heavy atom. The van der Waals surface area contributed by atoms with Crippen LogP contribution in [-0.2, 0) is 0 Å². The maximum Gasteiger partial charge on any atom is -0.0533 e. The van der Waals surface area contributed by atoms with Crippen LogP contribution in [0.4, 0.5) is 0 Å². The van der Waals surface area contributed by atoms with Crippen molar-refractivity contribution in [3.8, 4) is 0 Å². The van der Waals surface area contributed by atoms with Crippen molar-refractivity contribution in [2.24, 2.45) is 0 Å². The lowest BCUT2D eigenvalue weighted by Crippen LogP contribution is -1.70. The summed E-state index contributed by atoms with van der Waals surface area (Å²) in [6, 6.07) is 0. The largest absolute Gasteiger partial charge is 0.137 e. The molecule has 0 rings (SSSR count). The maximum absolute atomic E-state index is 3.12. The minimum absolute atomic E-state index is 1.36. The van der Waals surface area contributed by atoms with E-state index in [1.54, 1.807) is 0 Å². The molecule has 10 heavy (non-hydrogen) atoms. The van der Waals surface area contributed by atoms with Crippen LogP contribution in [0, 0.1) is 0 Å². The summed E-state index contributed by atoms with van der Waals surface area (Å²) in [5, 5.41) is 0. The van der Waals surface area contributed by atoms with Gasteiger partial charge in [0, 0.05) is 0 Å². The van der Waals surface area contributed by atoms with Gasteiger partial charge in [0.2, 0.25) is 0 Å². The van der Waals surface area contributed by atoms with Gasteiger partial charge < -0.3 is 0 Å². The van der Waals surface area contributed by atoms with E-state index in [2.05, 4.69) is 32.7 Å². The van der Waals surface area contributed by atoms with E-state index in [4.69, 9.17) is 0 Å². The molecule has 0 N–H and O–H groups in total. The standard InChI is InChI=1S/C7H16.C3H4/c1-3-5-7-6-4-2;1-3-2/h3-7H2,1-2H3;1-2H2. The average Bonchev–Trinajstić information content (AvgIpc) is 1.91. The second kappa shape index (κ2) is 15.8. The Labute approximate surface area is 65.7 Å². The van der Waals surface area contributed by atoms with Crippen LogP contribution in [0.2, 0.25) is 0 Å². The SMILES string of the molecule is C=C=C.CCCCCCC. The predicted molar refractivity (Wildman–Crippen MR) is 49.2 cm³/mol. The van der Waals surface area contributed by atoms with Gasteiger partial charge in [0.05, 0.1) is 0 Å². The van der Waals surface area contributed by atoms with Crippen molar-refractivity contribution in [3.63, 3.8) is 0 Å². The minimum atomic E-state index is 1.36. The Balaban J connectivity index is 0.